The number of thioether (sulfide) groups is 1. The zero-order chi connectivity index (χ0) is 24.2. The van der Waals surface area contributed by atoms with Crippen molar-refractivity contribution in [2.75, 3.05) is 0 Å². The Morgan fingerprint density at radius 2 is 1.62 bits per heavy atom. The predicted molar refractivity (Wildman–Crippen MR) is 147 cm³/mol. The summed E-state index contributed by atoms with van der Waals surface area (Å²) in [7, 11) is 0. The number of ether oxygens (including phenoxy) is 1. The van der Waals surface area contributed by atoms with E-state index in [1.807, 2.05) is 42.5 Å². The number of benzene rings is 3. The topological polar surface area (TPSA) is 89.8 Å². The number of nitro benzene ring substituents is 1. The second-order valence-corrected chi connectivity index (χ2v) is 10.6. The van der Waals surface area contributed by atoms with Gasteiger partial charge in [0, 0.05) is 12.1 Å². The lowest BCUT2D eigenvalue weighted by molar-refractivity contribution is -0.384. The molecular weight excluding hydrogens is 682 g/mol. The lowest BCUT2D eigenvalue weighted by Gasteiger charge is -2.12. The van der Waals surface area contributed by atoms with Crippen LogP contribution in [-0.4, -0.2) is 21.0 Å². The molecule has 172 valence electrons. The van der Waals surface area contributed by atoms with Crippen molar-refractivity contribution in [2.45, 2.75) is 13.2 Å². The van der Waals surface area contributed by atoms with Gasteiger partial charge in [-0.05, 0) is 91.8 Å². The maximum atomic E-state index is 12.9. The van der Waals surface area contributed by atoms with Crippen LogP contribution < -0.4 is 4.74 Å². The molecule has 0 N–H and O–H groups in total. The van der Waals surface area contributed by atoms with Gasteiger partial charge in [-0.15, -0.1) is 0 Å². The molecular formula is C24H16I2N2O5S. The highest BCUT2D eigenvalue weighted by molar-refractivity contribution is 14.1. The van der Waals surface area contributed by atoms with E-state index >= 15 is 0 Å². The number of nitro groups is 1. The van der Waals surface area contributed by atoms with Gasteiger partial charge in [0.25, 0.3) is 16.8 Å². The van der Waals surface area contributed by atoms with E-state index in [0.29, 0.717) is 17.1 Å². The molecule has 0 aromatic heterocycles. The average Bonchev–Trinajstić information content (AvgIpc) is 3.07. The number of halogens is 2. The third-order valence-electron chi connectivity index (χ3n) is 4.91. The fourth-order valence-corrected chi connectivity index (χ4v) is 6.19. The highest BCUT2D eigenvalue weighted by Gasteiger charge is 2.35. The van der Waals surface area contributed by atoms with Crippen LogP contribution in [0.5, 0.6) is 5.75 Å². The first kappa shape index (κ1) is 24.7. The number of nitrogens with zero attached hydrogens (tertiary/aromatic N) is 2. The standard InChI is InChI=1S/C24H16I2N2O5S/c25-19-10-17(11-20(26)22(19)33-14-16-4-2-1-3-5-16)12-21-23(29)27(24(30)34-21)13-15-6-8-18(9-7-15)28(31)32/h1-12H,13-14H2/b21-12-. The van der Waals surface area contributed by atoms with Crippen LogP contribution >= 0.6 is 56.9 Å². The van der Waals surface area contributed by atoms with Crippen molar-refractivity contribution in [2.24, 2.45) is 0 Å². The molecule has 2 amide bonds. The van der Waals surface area contributed by atoms with E-state index in [4.69, 9.17) is 4.74 Å². The minimum atomic E-state index is -0.493. The summed E-state index contributed by atoms with van der Waals surface area (Å²) in [5, 5.41) is 10.4. The van der Waals surface area contributed by atoms with Gasteiger partial charge in [-0.1, -0.05) is 42.5 Å². The molecule has 1 aliphatic heterocycles. The first-order valence-electron chi connectivity index (χ1n) is 9.96. The molecule has 0 atom stereocenters. The Balaban J connectivity index is 1.48. The maximum Gasteiger partial charge on any atom is 0.293 e. The summed E-state index contributed by atoms with van der Waals surface area (Å²) >= 11 is 5.28. The molecule has 7 nitrogen and oxygen atoms in total. The Hall–Kier alpha value is -2.45. The third-order valence-corrected chi connectivity index (χ3v) is 7.42. The predicted octanol–water partition coefficient (Wildman–Crippen LogP) is 6.62. The zero-order valence-corrected chi connectivity index (χ0v) is 22.6. The van der Waals surface area contributed by atoms with E-state index in [2.05, 4.69) is 45.2 Å². The Morgan fingerprint density at radius 3 is 2.24 bits per heavy atom. The summed E-state index contributed by atoms with van der Waals surface area (Å²) in [4.78, 5) is 37.1. The van der Waals surface area contributed by atoms with E-state index in [0.717, 1.165) is 40.7 Å². The van der Waals surface area contributed by atoms with Gasteiger partial charge in [0.05, 0.1) is 23.5 Å². The van der Waals surface area contributed by atoms with Crippen molar-refractivity contribution >= 4 is 79.9 Å². The molecule has 0 aliphatic carbocycles. The highest BCUT2D eigenvalue weighted by Crippen LogP contribution is 2.35. The van der Waals surface area contributed by atoms with E-state index < -0.39 is 4.92 Å². The number of carbonyl (C=O) groups is 2. The molecule has 1 aliphatic rings. The van der Waals surface area contributed by atoms with Crippen LogP contribution in [-0.2, 0) is 17.9 Å². The molecule has 1 fully saturated rings. The van der Waals surface area contributed by atoms with Crippen molar-refractivity contribution in [1.82, 2.24) is 4.90 Å². The fraction of sp³-hybridized carbons (Fsp3) is 0.0833. The highest BCUT2D eigenvalue weighted by atomic mass is 127. The molecule has 1 heterocycles. The number of imide groups is 1. The van der Waals surface area contributed by atoms with Gasteiger partial charge in [-0.25, -0.2) is 0 Å². The second kappa shape index (κ2) is 10.9. The molecule has 0 bridgehead atoms. The molecule has 0 radical (unpaired) electrons. The molecule has 0 saturated carbocycles. The molecule has 0 unspecified atom stereocenters. The van der Waals surface area contributed by atoms with Crippen LogP contribution in [0.4, 0.5) is 10.5 Å². The molecule has 3 aromatic rings. The van der Waals surface area contributed by atoms with Crippen LogP contribution in [0.3, 0.4) is 0 Å². The molecule has 0 spiro atoms. The largest absolute Gasteiger partial charge is 0.487 e. The van der Waals surface area contributed by atoms with Crippen LogP contribution in [0.1, 0.15) is 16.7 Å². The minimum absolute atomic E-state index is 0.0433. The van der Waals surface area contributed by atoms with Crippen molar-refractivity contribution in [1.29, 1.82) is 0 Å². The summed E-state index contributed by atoms with van der Waals surface area (Å²) in [5.41, 5.74) is 2.46. The summed E-state index contributed by atoms with van der Waals surface area (Å²) in [5.74, 6) is 0.385. The number of hydrogen-bond donors (Lipinski definition) is 0. The van der Waals surface area contributed by atoms with Crippen LogP contribution in [0.15, 0.2) is 71.6 Å². The van der Waals surface area contributed by atoms with Gasteiger partial charge in [0.1, 0.15) is 12.4 Å². The SMILES string of the molecule is O=C1S/C(=C\c2cc(I)c(OCc3ccccc3)c(I)c2)C(=O)N1Cc1ccc([N+](=O)[O-])cc1. The van der Waals surface area contributed by atoms with E-state index in [9.17, 15) is 19.7 Å². The molecule has 10 heteroatoms. The molecule has 34 heavy (non-hydrogen) atoms. The smallest absolute Gasteiger partial charge is 0.293 e. The number of rotatable bonds is 7. The number of carbonyl (C=O) groups excluding carboxylic acids is 2. The van der Waals surface area contributed by atoms with Crippen LogP contribution in [0.2, 0.25) is 0 Å². The van der Waals surface area contributed by atoms with Gasteiger partial charge >= 0.3 is 0 Å². The molecule has 3 aromatic carbocycles. The van der Waals surface area contributed by atoms with Gasteiger partial charge in [-0.3, -0.25) is 24.6 Å². The lowest BCUT2D eigenvalue weighted by Crippen LogP contribution is -2.27. The minimum Gasteiger partial charge on any atom is -0.487 e. The van der Waals surface area contributed by atoms with Gasteiger partial charge in [0.15, 0.2) is 0 Å². The fourth-order valence-electron chi connectivity index (χ4n) is 3.22. The quantitative estimate of drug-likeness (QED) is 0.119. The molecule has 4 rings (SSSR count). The Labute approximate surface area is 227 Å². The number of amides is 2. The number of non-ortho nitro benzene ring substituents is 1. The van der Waals surface area contributed by atoms with E-state index in [1.165, 1.54) is 12.1 Å². The first-order chi connectivity index (χ1) is 16.3. The molecule has 1 saturated heterocycles. The normalized spacial score (nSPS) is 14.6. The van der Waals surface area contributed by atoms with Gasteiger partial charge in [0.2, 0.25) is 0 Å². The summed E-state index contributed by atoms with van der Waals surface area (Å²) in [6.45, 7) is 0.509. The summed E-state index contributed by atoms with van der Waals surface area (Å²) in [6, 6.07) is 19.5. The first-order valence-corrected chi connectivity index (χ1v) is 12.9. The summed E-state index contributed by atoms with van der Waals surface area (Å²) in [6.07, 6.45) is 1.70. The maximum absolute atomic E-state index is 12.9. The average molecular weight is 698 g/mol. The van der Waals surface area contributed by atoms with Crippen LogP contribution in [0.25, 0.3) is 6.08 Å². The Kier molecular flexibility index (Phi) is 7.88. The van der Waals surface area contributed by atoms with E-state index in [1.54, 1.807) is 18.2 Å². The summed E-state index contributed by atoms with van der Waals surface area (Å²) < 4.78 is 7.81. The van der Waals surface area contributed by atoms with Gasteiger partial charge in [-0.2, -0.15) is 0 Å². The Morgan fingerprint density at radius 1 is 0.971 bits per heavy atom. The van der Waals surface area contributed by atoms with Gasteiger partial charge < -0.3 is 4.74 Å². The number of hydrogen-bond acceptors (Lipinski definition) is 6. The second-order valence-electron chi connectivity index (χ2n) is 7.28. The lowest BCUT2D eigenvalue weighted by atomic mass is 10.2. The van der Waals surface area contributed by atoms with E-state index in [-0.39, 0.29) is 23.4 Å². The third kappa shape index (κ3) is 5.78. The van der Waals surface area contributed by atoms with Crippen molar-refractivity contribution < 1.29 is 19.2 Å². The monoisotopic (exact) mass is 698 g/mol. The zero-order valence-electron chi connectivity index (χ0n) is 17.4. The van der Waals surface area contributed by atoms with Crippen molar-refractivity contribution in [3.05, 3.63) is 106 Å². The van der Waals surface area contributed by atoms with Crippen LogP contribution in [0, 0.1) is 17.3 Å². The van der Waals surface area contributed by atoms with Crippen molar-refractivity contribution in [3.8, 4) is 5.75 Å². The van der Waals surface area contributed by atoms with Crippen molar-refractivity contribution in [3.63, 3.8) is 0 Å². The Bertz CT molecular complexity index is 1270.